The van der Waals surface area contributed by atoms with Crippen molar-refractivity contribution in [3.8, 4) is 11.5 Å². The quantitative estimate of drug-likeness (QED) is 0.839. The Balaban J connectivity index is 2.17. The summed E-state index contributed by atoms with van der Waals surface area (Å²) in [6, 6.07) is 11.9. The minimum atomic E-state index is -0.211. The molecular formula is C15H16N2O3. The van der Waals surface area contributed by atoms with Gasteiger partial charge in [-0.15, -0.1) is 0 Å². The van der Waals surface area contributed by atoms with Gasteiger partial charge in [0.1, 0.15) is 0 Å². The van der Waals surface area contributed by atoms with E-state index in [0.717, 1.165) is 0 Å². The number of methoxy groups -OCH3 is 2. The van der Waals surface area contributed by atoms with Crippen molar-refractivity contribution in [1.29, 1.82) is 0 Å². The van der Waals surface area contributed by atoms with Gasteiger partial charge >= 0.3 is 0 Å². The maximum atomic E-state index is 12.1. The summed E-state index contributed by atoms with van der Waals surface area (Å²) in [5.74, 6) is 0.956. The SMILES string of the molecule is COc1ccc(NC(=O)c2ccc(N)cc2)cc1OC. The number of carbonyl (C=O) groups is 1. The van der Waals surface area contributed by atoms with E-state index < -0.39 is 0 Å². The molecule has 0 heterocycles. The molecule has 2 rings (SSSR count). The lowest BCUT2D eigenvalue weighted by Crippen LogP contribution is -2.11. The van der Waals surface area contributed by atoms with Crippen molar-refractivity contribution >= 4 is 17.3 Å². The summed E-state index contributed by atoms with van der Waals surface area (Å²) < 4.78 is 10.3. The summed E-state index contributed by atoms with van der Waals surface area (Å²) >= 11 is 0. The Labute approximate surface area is 117 Å². The first-order valence-electron chi connectivity index (χ1n) is 6.03. The van der Waals surface area contributed by atoms with Gasteiger partial charge in [0.2, 0.25) is 0 Å². The maximum absolute atomic E-state index is 12.1. The van der Waals surface area contributed by atoms with E-state index in [1.54, 1.807) is 56.7 Å². The molecule has 0 aromatic heterocycles. The third-order valence-electron chi connectivity index (χ3n) is 2.81. The van der Waals surface area contributed by atoms with Crippen LogP contribution < -0.4 is 20.5 Å². The molecule has 0 saturated carbocycles. The first-order chi connectivity index (χ1) is 9.63. The van der Waals surface area contributed by atoms with Crippen LogP contribution in [0.4, 0.5) is 11.4 Å². The summed E-state index contributed by atoms with van der Waals surface area (Å²) in [5.41, 5.74) is 7.37. The van der Waals surface area contributed by atoms with Crippen LogP contribution in [-0.2, 0) is 0 Å². The van der Waals surface area contributed by atoms with Crippen LogP contribution in [-0.4, -0.2) is 20.1 Å². The number of nitrogen functional groups attached to an aromatic ring is 1. The highest BCUT2D eigenvalue weighted by molar-refractivity contribution is 6.04. The van der Waals surface area contributed by atoms with Gasteiger partial charge in [-0.05, 0) is 36.4 Å². The van der Waals surface area contributed by atoms with Crippen molar-refractivity contribution in [3.63, 3.8) is 0 Å². The molecule has 3 N–H and O–H groups in total. The van der Waals surface area contributed by atoms with E-state index in [0.29, 0.717) is 28.4 Å². The number of hydrogen-bond donors (Lipinski definition) is 2. The molecule has 5 heteroatoms. The predicted octanol–water partition coefficient (Wildman–Crippen LogP) is 2.54. The lowest BCUT2D eigenvalue weighted by molar-refractivity contribution is 0.102. The van der Waals surface area contributed by atoms with Crippen molar-refractivity contribution in [1.82, 2.24) is 0 Å². The van der Waals surface area contributed by atoms with Crippen LogP contribution in [0.25, 0.3) is 0 Å². The van der Waals surface area contributed by atoms with Gasteiger partial charge in [0.05, 0.1) is 14.2 Å². The third kappa shape index (κ3) is 3.00. The molecule has 0 aliphatic rings. The number of carbonyl (C=O) groups excluding carboxylic acids is 1. The van der Waals surface area contributed by atoms with Crippen LogP contribution in [0.3, 0.4) is 0 Å². The van der Waals surface area contributed by atoms with Gasteiger partial charge in [0, 0.05) is 23.0 Å². The summed E-state index contributed by atoms with van der Waals surface area (Å²) in [6.07, 6.45) is 0. The van der Waals surface area contributed by atoms with E-state index in [1.807, 2.05) is 0 Å². The molecule has 2 aromatic rings. The van der Waals surface area contributed by atoms with Crippen LogP contribution in [0, 0.1) is 0 Å². The highest BCUT2D eigenvalue weighted by Gasteiger charge is 2.09. The van der Waals surface area contributed by atoms with Gasteiger partial charge in [0.15, 0.2) is 11.5 Å². The van der Waals surface area contributed by atoms with Gasteiger partial charge in [0.25, 0.3) is 5.91 Å². The Morgan fingerprint density at radius 1 is 1.00 bits per heavy atom. The van der Waals surface area contributed by atoms with Gasteiger partial charge in [-0.25, -0.2) is 0 Å². The molecule has 2 aromatic carbocycles. The van der Waals surface area contributed by atoms with E-state index in [9.17, 15) is 4.79 Å². The standard InChI is InChI=1S/C15H16N2O3/c1-19-13-8-7-12(9-14(13)20-2)17-15(18)10-3-5-11(16)6-4-10/h3-9H,16H2,1-2H3,(H,17,18). The fourth-order valence-electron chi connectivity index (χ4n) is 1.75. The van der Waals surface area contributed by atoms with Crippen LogP contribution in [0.5, 0.6) is 11.5 Å². The number of amides is 1. The molecule has 0 fully saturated rings. The molecule has 0 unspecified atom stereocenters. The average molecular weight is 272 g/mol. The van der Waals surface area contributed by atoms with E-state index in [4.69, 9.17) is 15.2 Å². The molecule has 1 amide bonds. The van der Waals surface area contributed by atoms with Crippen LogP contribution in [0.15, 0.2) is 42.5 Å². The zero-order chi connectivity index (χ0) is 14.5. The predicted molar refractivity (Wildman–Crippen MR) is 78.4 cm³/mol. The maximum Gasteiger partial charge on any atom is 0.255 e. The summed E-state index contributed by atoms with van der Waals surface area (Å²) in [4.78, 5) is 12.1. The fourth-order valence-corrected chi connectivity index (χ4v) is 1.75. The number of rotatable bonds is 4. The van der Waals surface area contributed by atoms with Crippen molar-refractivity contribution in [2.75, 3.05) is 25.3 Å². The number of nitrogens with two attached hydrogens (primary N) is 1. The lowest BCUT2D eigenvalue weighted by Gasteiger charge is -2.10. The third-order valence-corrected chi connectivity index (χ3v) is 2.81. The van der Waals surface area contributed by atoms with Crippen LogP contribution >= 0.6 is 0 Å². The summed E-state index contributed by atoms with van der Waals surface area (Å²) in [5, 5.41) is 2.79. The Bertz CT molecular complexity index is 609. The monoisotopic (exact) mass is 272 g/mol. The molecule has 0 atom stereocenters. The second-order valence-electron chi connectivity index (χ2n) is 4.15. The second-order valence-corrected chi connectivity index (χ2v) is 4.15. The number of benzene rings is 2. The van der Waals surface area contributed by atoms with Crippen molar-refractivity contribution in [3.05, 3.63) is 48.0 Å². The van der Waals surface area contributed by atoms with Crippen LogP contribution in [0.2, 0.25) is 0 Å². The minimum absolute atomic E-state index is 0.211. The van der Waals surface area contributed by atoms with Gasteiger partial charge in [-0.2, -0.15) is 0 Å². The molecule has 0 aliphatic carbocycles. The van der Waals surface area contributed by atoms with Crippen molar-refractivity contribution in [2.24, 2.45) is 0 Å². The molecule has 20 heavy (non-hydrogen) atoms. The average Bonchev–Trinajstić information content (AvgIpc) is 2.47. The molecule has 0 aliphatic heterocycles. The Kier molecular flexibility index (Phi) is 4.10. The first kappa shape index (κ1) is 13.7. The Hall–Kier alpha value is -2.69. The molecule has 0 bridgehead atoms. The largest absolute Gasteiger partial charge is 0.493 e. The summed E-state index contributed by atoms with van der Waals surface area (Å²) in [7, 11) is 3.11. The lowest BCUT2D eigenvalue weighted by atomic mass is 10.2. The van der Waals surface area contributed by atoms with E-state index in [-0.39, 0.29) is 5.91 Å². The molecule has 0 saturated heterocycles. The smallest absolute Gasteiger partial charge is 0.255 e. The number of hydrogen-bond acceptors (Lipinski definition) is 4. The van der Waals surface area contributed by atoms with Crippen molar-refractivity contribution in [2.45, 2.75) is 0 Å². The zero-order valence-corrected chi connectivity index (χ0v) is 11.3. The topological polar surface area (TPSA) is 73.6 Å². The van der Waals surface area contributed by atoms with Crippen LogP contribution in [0.1, 0.15) is 10.4 Å². The number of ether oxygens (including phenoxy) is 2. The Morgan fingerprint density at radius 2 is 1.65 bits per heavy atom. The molecular weight excluding hydrogens is 256 g/mol. The molecule has 0 radical (unpaired) electrons. The van der Waals surface area contributed by atoms with E-state index >= 15 is 0 Å². The second kappa shape index (κ2) is 5.97. The molecule has 0 spiro atoms. The number of nitrogens with one attached hydrogen (secondary N) is 1. The summed E-state index contributed by atoms with van der Waals surface area (Å²) in [6.45, 7) is 0. The van der Waals surface area contributed by atoms with E-state index in [2.05, 4.69) is 5.32 Å². The first-order valence-corrected chi connectivity index (χ1v) is 6.03. The van der Waals surface area contributed by atoms with Gasteiger partial charge < -0.3 is 20.5 Å². The molecule has 5 nitrogen and oxygen atoms in total. The van der Waals surface area contributed by atoms with E-state index in [1.165, 1.54) is 0 Å². The highest BCUT2D eigenvalue weighted by atomic mass is 16.5. The fraction of sp³-hybridized carbons (Fsp3) is 0.133. The van der Waals surface area contributed by atoms with Gasteiger partial charge in [-0.3, -0.25) is 4.79 Å². The van der Waals surface area contributed by atoms with Crippen molar-refractivity contribution < 1.29 is 14.3 Å². The minimum Gasteiger partial charge on any atom is -0.493 e. The molecule has 104 valence electrons. The zero-order valence-electron chi connectivity index (χ0n) is 11.3. The Morgan fingerprint density at radius 3 is 2.25 bits per heavy atom. The highest BCUT2D eigenvalue weighted by Crippen LogP contribution is 2.29. The van der Waals surface area contributed by atoms with Gasteiger partial charge in [-0.1, -0.05) is 0 Å². The normalized spacial score (nSPS) is 9.90. The number of anilines is 2.